The van der Waals surface area contributed by atoms with E-state index in [0.717, 1.165) is 16.3 Å². The number of benzene rings is 4. The molecule has 0 amide bonds. The van der Waals surface area contributed by atoms with E-state index in [2.05, 4.69) is 24.3 Å². The fourth-order valence-electron chi connectivity index (χ4n) is 3.48. The topological polar surface area (TPSA) is 42.2 Å². The van der Waals surface area contributed by atoms with Crippen molar-refractivity contribution in [3.05, 3.63) is 107 Å². The molecule has 0 aliphatic heterocycles. The Kier molecular flexibility index (Phi) is 5.96. The van der Waals surface area contributed by atoms with Crippen molar-refractivity contribution in [2.24, 2.45) is 0 Å². The number of ether oxygens (including phenoxy) is 2. The normalized spacial score (nSPS) is 11.2. The van der Waals surface area contributed by atoms with E-state index in [0.29, 0.717) is 23.7 Å². The van der Waals surface area contributed by atoms with Gasteiger partial charge in [-0.25, -0.2) is 4.39 Å². The lowest BCUT2D eigenvalue weighted by atomic mass is 10.0. The van der Waals surface area contributed by atoms with Crippen LogP contribution in [0.3, 0.4) is 0 Å². The molecule has 152 valence electrons. The fraction of sp³-hybridized carbons (Fsp3) is 0.0741. The number of hydrogen-bond acceptors (Lipinski definition) is 3. The van der Waals surface area contributed by atoms with Gasteiger partial charge in [0.25, 0.3) is 0 Å². The molecule has 3 nitrogen and oxygen atoms in total. The Hall–Kier alpha value is -4.10. The monoisotopic (exact) mass is 409 g/mol. The number of allylic oxidation sites excluding steroid dienone is 1. The van der Waals surface area contributed by atoms with E-state index >= 15 is 0 Å². The third-order valence-corrected chi connectivity index (χ3v) is 5.05. The summed E-state index contributed by atoms with van der Waals surface area (Å²) < 4.78 is 25.6. The Morgan fingerprint density at radius 3 is 2.52 bits per heavy atom. The molecule has 0 aliphatic rings. The van der Waals surface area contributed by atoms with Crippen LogP contribution in [0, 0.1) is 17.1 Å². The SMILES string of the molecule is COc1cc(/C=C(/C#N)c2ccccc2F)ccc1OCc1cccc2ccccc12. The van der Waals surface area contributed by atoms with Gasteiger partial charge in [-0.05, 0) is 46.2 Å². The van der Waals surface area contributed by atoms with Gasteiger partial charge in [0.1, 0.15) is 12.4 Å². The van der Waals surface area contributed by atoms with E-state index in [4.69, 9.17) is 9.47 Å². The second kappa shape index (κ2) is 9.15. The summed E-state index contributed by atoms with van der Waals surface area (Å²) >= 11 is 0. The molecule has 0 N–H and O–H groups in total. The summed E-state index contributed by atoms with van der Waals surface area (Å²) in [6.45, 7) is 0.394. The number of nitriles is 1. The van der Waals surface area contributed by atoms with Crippen LogP contribution in [0.2, 0.25) is 0 Å². The van der Waals surface area contributed by atoms with Gasteiger partial charge in [0, 0.05) is 5.56 Å². The first-order valence-electron chi connectivity index (χ1n) is 9.84. The summed E-state index contributed by atoms with van der Waals surface area (Å²) in [5, 5.41) is 11.8. The predicted molar refractivity (Wildman–Crippen MR) is 121 cm³/mol. The lowest BCUT2D eigenvalue weighted by Gasteiger charge is -2.13. The number of fused-ring (bicyclic) bond motifs is 1. The van der Waals surface area contributed by atoms with Crippen LogP contribution in [0.5, 0.6) is 11.5 Å². The van der Waals surface area contributed by atoms with Gasteiger partial charge in [0.15, 0.2) is 11.5 Å². The third kappa shape index (κ3) is 4.41. The largest absolute Gasteiger partial charge is 0.493 e. The molecule has 4 rings (SSSR count). The highest BCUT2D eigenvalue weighted by Crippen LogP contribution is 2.31. The maximum absolute atomic E-state index is 14.1. The average Bonchev–Trinajstić information content (AvgIpc) is 2.82. The van der Waals surface area contributed by atoms with Gasteiger partial charge in [-0.2, -0.15) is 5.26 Å². The van der Waals surface area contributed by atoms with Crippen LogP contribution in [0.4, 0.5) is 4.39 Å². The van der Waals surface area contributed by atoms with Crippen LogP contribution in [0.25, 0.3) is 22.4 Å². The van der Waals surface area contributed by atoms with E-state index in [-0.39, 0.29) is 11.1 Å². The number of hydrogen-bond donors (Lipinski definition) is 0. The van der Waals surface area contributed by atoms with Gasteiger partial charge < -0.3 is 9.47 Å². The molecule has 0 saturated carbocycles. The lowest BCUT2D eigenvalue weighted by Crippen LogP contribution is -1.99. The number of rotatable bonds is 6. The number of halogens is 1. The summed E-state index contributed by atoms with van der Waals surface area (Å²) in [7, 11) is 1.57. The summed E-state index contributed by atoms with van der Waals surface area (Å²) in [6.07, 6.45) is 1.63. The maximum atomic E-state index is 14.1. The Bertz CT molecular complexity index is 1300. The molecular formula is C27H20FNO2. The van der Waals surface area contributed by atoms with Gasteiger partial charge in [-0.1, -0.05) is 66.7 Å². The summed E-state index contributed by atoms with van der Waals surface area (Å²) in [6, 6.07) is 28.0. The minimum absolute atomic E-state index is 0.240. The standard InChI is InChI=1S/C27H20FNO2/c1-30-27-16-19(15-22(17-29)24-11-4-5-12-25(24)28)13-14-26(27)31-18-21-9-6-8-20-7-2-3-10-23(20)21/h2-16H,18H2,1H3/b22-15-. The Balaban J connectivity index is 1.60. The van der Waals surface area contributed by atoms with Crippen LogP contribution in [-0.4, -0.2) is 7.11 Å². The van der Waals surface area contributed by atoms with E-state index < -0.39 is 5.82 Å². The minimum atomic E-state index is -0.433. The molecule has 31 heavy (non-hydrogen) atoms. The van der Waals surface area contributed by atoms with E-state index in [1.165, 1.54) is 6.07 Å². The quantitative estimate of drug-likeness (QED) is 0.265. The molecule has 0 atom stereocenters. The molecule has 4 aromatic rings. The second-order valence-corrected chi connectivity index (χ2v) is 6.99. The van der Waals surface area contributed by atoms with Crippen LogP contribution in [0.15, 0.2) is 84.9 Å². The van der Waals surface area contributed by atoms with Gasteiger partial charge >= 0.3 is 0 Å². The first-order chi connectivity index (χ1) is 15.2. The molecule has 0 spiro atoms. The first kappa shape index (κ1) is 20.2. The fourth-order valence-corrected chi connectivity index (χ4v) is 3.48. The van der Waals surface area contributed by atoms with E-state index in [9.17, 15) is 9.65 Å². The molecular weight excluding hydrogens is 389 g/mol. The van der Waals surface area contributed by atoms with Crippen LogP contribution in [-0.2, 0) is 6.61 Å². The molecule has 0 saturated heterocycles. The zero-order chi connectivity index (χ0) is 21.6. The van der Waals surface area contributed by atoms with Crippen molar-refractivity contribution in [1.29, 1.82) is 5.26 Å². The Morgan fingerprint density at radius 1 is 0.935 bits per heavy atom. The Morgan fingerprint density at radius 2 is 1.71 bits per heavy atom. The van der Waals surface area contributed by atoms with E-state index in [1.54, 1.807) is 43.5 Å². The lowest BCUT2D eigenvalue weighted by molar-refractivity contribution is 0.285. The predicted octanol–water partition coefficient (Wildman–Crippen LogP) is 6.63. The van der Waals surface area contributed by atoms with Gasteiger partial charge in [-0.3, -0.25) is 0 Å². The smallest absolute Gasteiger partial charge is 0.161 e. The number of methoxy groups -OCH3 is 1. The highest BCUT2D eigenvalue weighted by Gasteiger charge is 2.10. The molecule has 4 heteroatoms. The van der Waals surface area contributed by atoms with Gasteiger partial charge in [0.05, 0.1) is 18.8 Å². The average molecular weight is 409 g/mol. The molecule has 0 aliphatic carbocycles. The van der Waals surface area contributed by atoms with Crippen LogP contribution >= 0.6 is 0 Å². The highest BCUT2D eigenvalue weighted by atomic mass is 19.1. The zero-order valence-electron chi connectivity index (χ0n) is 17.0. The van der Waals surface area contributed by atoms with Crippen molar-refractivity contribution in [3.63, 3.8) is 0 Å². The third-order valence-electron chi connectivity index (χ3n) is 5.05. The summed E-state index contributed by atoms with van der Waals surface area (Å²) in [4.78, 5) is 0. The summed E-state index contributed by atoms with van der Waals surface area (Å²) in [5.74, 6) is 0.703. The van der Waals surface area contributed by atoms with Crippen LogP contribution < -0.4 is 9.47 Å². The molecule has 0 bridgehead atoms. The van der Waals surface area contributed by atoms with Crippen molar-refractivity contribution >= 4 is 22.4 Å². The first-order valence-corrected chi connectivity index (χ1v) is 9.84. The van der Waals surface area contributed by atoms with E-state index in [1.807, 2.05) is 30.3 Å². The molecule has 0 fully saturated rings. The van der Waals surface area contributed by atoms with Gasteiger partial charge in [0.2, 0.25) is 0 Å². The van der Waals surface area contributed by atoms with Crippen molar-refractivity contribution in [2.45, 2.75) is 6.61 Å². The number of nitrogens with zero attached hydrogens (tertiary/aromatic N) is 1. The van der Waals surface area contributed by atoms with Crippen molar-refractivity contribution in [1.82, 2.24) is 0 Å². The van der Waals surface area contributed by atoms with Crippen molar-refractivity contribution in [2.75, 3.05) is 7.11 Å². The van der Waals surface area contributed by atoms with Crippen molar-refractivity contribution < 1.29 is 13.9 Å². The minimum Gasteiger partial charge on any atom is -0.493 e. The molecule has 0 radical (unpaired) electrons. The second-order valence-electron chi connectivity index (χ2n) is 6.99. The Labute approximate surface area is 180 Å². The highest BCUT2D eigenvalue weighted by molar-refractivity contribution is 5.90. The van der Waals surface area contributed by atoms with Crippen molar-refractivity contribution in [3.8, 4) is 17.6 Å². The molecule has 0 heterocycles. The zero-order valence-corrected chi connectivity index (χ0v) is 17.0. The van der Waals surface area contributed by atoms with Crippen LogP contribution in [0.1, 0.15) is 16.7 Å². The molecule has 0 aromatic heterocycles. The maximum Gasteiger partial charge on any atom is 0.161 e. The summed E-state index contributed by atoms with van der Waals surface area (Å²) in [5.41, 5.74) is 2.30. The molecule has 4 aromatic carbocycles. The molecule has 0 unspecified atom stereocenters. The van der Waals surface area contributed by atoms with Gasteiger partial charge in [-0.15, -0.1) is 0 Å².